The first-order valence-corrected chi connectivity index (χ1v) is 5.18. The SMILES string of the molecule is CC1NC(=O)O[C@@H]1c1cccc(OC(F)(F)F)c1. The summed E-state index contributed by atoms with van der Waals surface area (Å²) in [6, 6.07) is 5.07. The minimum Gasteiger partial charge on any atom is -0.439 e. The quantitative estimate of drug-likeness (QED) is 0.890. The summed E-state index contributed by atoms with van der Waals surface area (Å²) in [5, 5.41) is 2.51. The van der Waals surface area contributed by atoms with Crippen LogP contribution in [0.3, 0.4) is 0 Å². The summed E-state index contributed by atoms with van der Waals surface area (Å²) >= 11 is 0. The number of halogens is 3. The van der Waals surface area contributed by atoms with Crippen LogP contribution >= 0.6 is 0 Å². The molecule has 1 aromatic carbocycles. The summed E-state index contributed by atoms with van der Waals surface area (Å²) in [5.41, 5.74) is 0.447. The third kappa shape index (κ3) is 2.85. The molecule has 1 saturated heterocycles. The second kappa shape index (κ2) is 4.40. The Bertz CT molecular complexity index is 461. The predicted octanol–water partition coefficient (Wildman–Crippen LogP) is 2.75. The Hall–Kier alpha value is -1.92. The first-order valence-electron chi connectivity index (χ1n) is 5.18. The monoisotopic (exact) mass is 261 g/mol. The van der Waals surface area contributed by atoms with Crippen LogP contribution in [0.25, 0.3) is 0 Å². The maximum absolute atomic E-state index is 12.1. The van der Waals surface area contributed by atoms with E-state index in [-0.39, 0.29) is 11.8 Å². The van der Waals surface area contributed by atoms with Gasteiger partial charge in [0.05, 0.1) is 6.04 Å². The van der Waals surface area contributed by atoms with Crippen molar-refractivity contribution in [2.45, 2.75) is 25.4 Å². The fourth-order valence-corrected chi connectivity index (χ4v) is 1.76. The zero-order valence-corrected chi connectivity index (χ0v) is 9.32. The van der Waals surface area contributed by atoms with Gasteiger partial charge in [-0.3, -0.25) is 0 Å². The number of carbonyl (C=O) groups excluding carboxylic acids is 1. The van der Waals surface area contributed by atoms with Crippen molar-refractivity contribution in [1.29, 1.82) is 0 Å². The van der Waals surface area contributed by atoms with E-state index in [1.54, 1.807) is 13.0 Å². The average molecular weight is 261 g/mol. The number of ether oxygens (including phenoxy) is 2. The van der Waals surface area contributed by atoms with E-state index in [1.165, 1.54) is 18.2 Å². The highest BCUT2D eigenvalue weighted by Gasteiger charge is 2.34. The summed E-state index contributed by atoms with van der Waals surface area (Å²) < 4.78 is 45.0. The van der Waals surface area contributed by atoms with E-state index >= 15 is 0 Å². The van der Waals surface area contributed by atoms with Gasteiger partial charge < -0.3 is 14.8 Å². The van der Waals surface area contributed by atoms with Crippen molar-refractivity contribution in [2.24, 2.45) is 0 Å². The molecule has 0 bridgehead atoms. The molecule has 1 fully saturated rings. The van der Waals surface area contributed by atoms with Crippen molar-refractivity contribution in [2.75, 3.05) is 0 Å². The molecule has 0 saturated carbocycles. The summed E-state index contributed by atoms with van der Waals surface area (Å²) in [4.78, 5) is 11.0. The Balaban J connectivity index is 2.19. The molecule has 7 heteroatoms. The lowest BCUT2D eigenvalue weighted by atomic mass is 10.0. The van der Waals surface area contributed by atoms with Crippen LogP contribution in [0.4, 0.5) is 18.0 Å². The molecule has 1 aliphatic heterocycles. The van der Waals surface area contributed by atoms with Gasteiger partial charge in [-0.15, -0.1) is 13.2 Å². The van der Waals surface area contributed by atoms with Gasteiger partial charge in [-0.05, 0) is 24.6 Å². The topological polar surface area (TPSA) is 47.6 Å². The van der Waals surface area contributed by atoms with Crippen LogP contribution in [0.15, 0.2) is 24.3 Å². The maximum Gasteiger partial charge on any atom is 0.573 e. The number of hydrogen-bond acceptors (Lipinski definition) is 3. The second-order valence-corrected chi connectivity index (χ2v) is 3.88. The minimum absolute atomic E-state index is 0.307. The van der Waals surface area contributed by atoms with E-state index < -0.39 is 18.6 Å². The Morgan fingerprint density at radius 2 is 2.11 bits per heavy atom. The van der Waals surface area contributed by atoms with Crippen LogP contribution in [0.2, 0.25) is 0 Å². The fraction of sp³-hybridized carbons (Fsp3) is 0.364. The van der Waals surface area contributed by atoms with Crippen molar-refractivity contribution in [3.8, 4) is 5.75 Å². The highest BCUT2D eigenvalue weighted by molar-refractivity contribution is 5.70. The summed E-state index contributed by atoms with van der Waals surface area (Å²) in [7, 11) is 0. The Morgan fingerprint density at radius 3 is 2.67 bits per heavy atom. The van der Waals surface area contributed by atoms with E-state index in [0.717, 1.165) is 0 Å². The molecule has 0 aromatic heterocycles. The molecule has 2 atom stereocenters. The summed E-state index contributed by atoms with van der Waals surface area (Å²) in [6.07, 6.45) is -5.95. The number of amides is 1. The van der Waals surface area contributed by atoms with Crippen LogP contribution in [0.5, 0.6) is 5.75 Å². The third-order valence-electron chi connectivity index (χ3n) is 2.45. The Labute approximate surface area is 101 Å². The number of nitrogens with one attached hydrogen (secondary N) is 1. The molecule has 1 unspecified atom stereocenters. The van der Waals surface area contributed by atoms with Crippen LogP contribution in [0.1, 0.15) is 18.6 Å². The van der Waals surface area contributed by atoms with E-state index in [2.05, 4.69) is 10.1 Å². The molecule has 1 aromatic rings. The van der Waals surface area contributed by atoms with Crippen molar-refractivity contribution < 1.29 is 27.4 Å². The minimum atomic E-state index is -4.74. The van der Waals surface area contributed by atoms with Gasteiger partial charge in [0.1, 0.15) is 11.9 Å². The molecule has 18 heavy (non-hydrogen) atoms. The normalized spacial score (nSPS) is 23.4. The maximum atomic E-state index is 12.1. The van der Waals surface area contributed by atoms with Gasteiger partial charge in [-0.1, -0.05) is 12.1 Å². The molecule has 1 N–H and O–H groups in total. The molecule has 4 nitrogen and oxygen atoms in total. The van der Waals surface area contributed by atoms with Crippen LogP contribution < -0.4 is 10.1 Å². The number of benzene rings is 1. The van der Waals surface area contributed by atoms with Crippen molar-refractivity contribution in [3.63, 3.8) is 0 Å². The van der Waals surface area contributed by atoms with Gasteiger partial charge in [0.15, 0.2) is 0 Å². The zero-order valence-electron chi connectivity index (χ0n) is 9.32. The molecule has 1 heterocycles. The Morgan fingerprint density at radius 1 is 1.39 bits per heavy atom. The molecular formula is C11H10F3NO3. The van der Waals surface area contributed by atoms with Gasteiger partial charge in [0.2, 0.25) is 0 Å². The molecule has 98 valence electrons. The lowest BCUT2D eigenvalue weighted by Crippen LogP contribution is -2.24. The molecule has 1 amide bonds. The van der Waals surface area contributed by atoms with Gasteiger partial charge in [0, 0.05) is 0 Å². The van der Waals surface area contributed by atoms with E-state index in [4.69, 9.17) is 4.74 Å². The standard InChI is InChI=1S/C11H10F3NO3/c1-6-9(17-10(16)15-6)7-3-2-4-8(5-7)18-11(12,13)14/h2-6,9H,1H3,(H,15,16)/t6?,9-/m0/s1. The number of rotatable bonds is 2. The summed E-state index contributed by atoms with van der Waals surface area (Å²) in [5.74, 6) is -0.338. The molecule has 1 aliphatic rings. The third-order valence-corrected chi connectivity index (χ3v) is 2.45. The number of alkyl halides is 3. The summed E-state index contributed by atoms with van der Waals surface area (Å²) in [6.45, 7) is 1.70. The zero-order chi connectivity index (χ0) is 13.3. The first kappa shape index (κ1) is 12.5. The van der Waals surface area contributed by atoms with Gasteiger partial charge in [-0.2, -0.15) is 0 Å². The molecule has 0 spiro atoms. The van der Waals surface area contributed by atoms with Gasteiger partial charge in [0.25, 0.3) is 0 Å². The number of carbonyl (C=O) groups is 1. The molecule has 0 radical (unpaired) electrons. The smallest absolute Gasteiger partial charge is 0.439 e. The van der Waals surface area contributed by atoms with Gasteiger partial charge >= 0.3 is 12.5 Å². The predicted molar refractivity (Wildman–Crippen MR) is 54.9 cm³/mol. The first-order chi connectivity index (χ1) is 8.35. The van der Waals surface area contributed by atoms with Gasteiger partial charge in [-0.25, -0.2) is 4.79 Å². The lowest BCUT2D eigenvalue weighted by molar-refractivity contribution is -0.274. The number of cyclic esters (lactones) is 1. The molecular weight excluding hydrogens is 251 g/mol. The van der Waals surface area contributed by atoms with Crippen LogP contribution in [0, 0.1) is 0 Å². The van der Waals surface area contributed by atoms with E-state index in [9.17, 15) is 18.0 Å². The fourth-order valence-electron chi connectivity index (χ4n) is 1.76. The van der Waals surface area contributed by atoms with E-state index in [1.807, 2.05) is 0 Å². The molecule has 2 rings (SSSR count). The van der Waals surface area contributed by atoms with E-state index in [0.29, 0.717) is 5.56 Å². The number of alkyl carbamates (subject to hydrolysis) is 1. The second-order valence-electron chi connectivity index (χ2n) is 3.88. The highest BCUT2D eigenvalue weighted by Crippen LogP contribution is 2.30. The van der Waals surface area contributed by atoms with Crippen LogP contribution in [-0.4, -0.2) is 18.5 Å². The average Bonchev–Trinajstić information content (AvgIpc) is 2.55. The van der Waals surface area contributed by atoms with Crippen LogP contribution in [-0.2, 0) is 4.74 Å². The lowest BCUT2D eigenvalue weighted by Gasteiger charge is -2.15. The number of hydrogen-bond donors (Lipinski definition) is 1. The van der Waals surface area contributed by atoms with Crippen molar-refractivity contribution >= 4 is 6.09 Å². The highest BCUT2D eigenvalue weighted by atomic mass is 19.4. The van der Waals surface area contributed by atoms with Crippen molar-refractivity contribution in [1.82, 2.24) is 5.32 Å². The molecule has 0 aliphatic carbocycles. The Kier molecular flexibility index (Phi) is 3.06. The van der Waals surface area contributed by atoms with Crippen molar-refractivity contribution in [3.05, 3.63) is 29.8 Å². The largest absolute Gasteiger partial charge is 0.573 e.